The molecule has 0 bridgehead atoms. The molecule has 1 aromatic carbocycles. The lowest BCUT2D eigenvalue weighted by Crippen LogP contribution is -2.15. The van der Waals surface area contributed by atoms with Gasteiger partial charge in [-0.05, 0) is 49.6 Å². The van der Waals surface area contributed by atoms with Gasteiger partial charge < -0.3 is 11.1 Å². The van der Waals surface area contributed by atoms with Crippen molar-refractivity contribution >= 4 is 5.69 Å². The number of aryl methyl sites for hydroxylation is 1. The lowest BCUT2D eigenvalue weighted by atomic mass is 10.00. The molecule has 0 aromatic heterocycles. The van der Waals surface area contributed by atoms with Gasteiger partial charge in [0, 0.05) is 11.7 Å². The van der Waals surface area contributed by atoms with Crippen molar-refractivity contribution in [3.8, 4) is 0 Å². The molecule has 2 rings (SSSR count). The Kier molecular flexibility index (Phi) is 2.42. The standard InChI is InChI=1S/C11H15FN2/c1-7-5-8(12)6-9(11(7)13)10-3-2-4-14-10/h5-6,10,14H,2-4,13H2,1H3. The van der Waals surface area contributed by atoms with E-state index >= 15 is 0 Å². The maximum atomic E-state index is 13.2. The molecule has 0 amide bonds. The van der Waals surface area contributed by atoms with Crippen molar-refractivity contribution in [1.29, 1.82) is 0 Å². The highest BCUT2D eigenvalue weighted by Gasteiger charge is 2.19. The molecule has 3 heteroatoms. The zero-order valence-electron chi connectivity index (χ0n) is 8.31. The fourth-order valence-corrected chi connectivity index (χ4v) is 2.02. The molecule has 0 saturated carbocycles. The molecule has 1 heterocycles. The van der Waals surface area contributed by atoms with Crippen LogP contribution >= 0.6 is 0 Å². The van der Waals surface area contributed by atoms with Crippen molar-refractivity contribution in [3.63, 3.8) is 0 Å². The monoisotopic (exact) mass is 194 g/mol. The van der Waals surface area contributed by atoms with Gasteiger partial charge in [-0.3, -0.25) is 0 Å². The molecular weight excluding hydrogens is 179 g/mol. The lowest BCUT2D eigenvalue weighted by Gasteiger charge is -2.15. The van der Waals surface area contributed by atoms with E-state index in [1.165, 1.54) is 6.07 Å². The van der Waals surface area contributed by atoms with Crippen LogP contribution < -0.4 is 11.1 Å². The third-order valence-electron chi connectivity index (χ3n) is 2.82. The Morgan fingerprint density at radius 1 is 1.50 bits per heavy atom. The van der Waals surface area contributed by atoms with Crippen molar-refractivity contribution in [3.05, 3.63) is 29.1 Å². The summed E-state index contributed by atoms with van der Waals surface area (Å²) in [4.78, 5) is 0. The molecule has 0 radical (unpaired) electrons. The lowest BCUT2D eigenvalue weighted by molar-refractivity contribution is 0.606. The van der Waals surface area contributed by atoms with E-state index in [4.69, 9.17) is 5.73 Å². The molecule has 1 aromatic rings. The Balaban J connectivity index is 2.40. The second kappa shape index (κ2) is 3.58. The Morgan fingerprint density at radius 2 is 2.29 bits per heavy atom. The van der Waals surface area contributed by atoms with Crippen LogP contribution in [-0.2, 0) is 0 Å². The van der Waals surface area contributed by atoms with Gasteiger partial charge in [-0.1, -0.05) is 0 Å². The molecule has 0 spiro atoms. The predicted octanol–water partition coefficient (Wildman–Crippen LogP) is 2.14. The summed E-state index contributed by atoms with van der Waals surface area (Å²) in [6, 6.07) is 3.27. The van der Waals surface area contributed by atoms with Crippen LogP contribution in [0.15, 0.2) is 12.1 Å². The van der Waals surface area contributed by atoms with Gasteiger partial charge in [0.05, 0.1) is 0 Å². The Bertz CT molecular complexity index is 343. The van der Waals surface area contributed by atoms with Gasteiger partial charge in [0.15, 0.2) is 0 Å². The molecule has 1 unspecified atom stereocenters. The third kappa shape index (κ3) is 1.60. The number of hydrogen-bond acceptors (Lipinski definition) is 2. The summed E-state index contributed by atoms with van der Waals surface area (Å²) in [7, 11) is 0. The number of anilines is 1. The minimum absolute atomic E-state index is 0.194. The fourth-order valence-electron chi connectivity index (χ4n) is 2.02. The quantitative estimate of drug-likeness (QED) is 0.672. The van der Waals surface area contributed by atoms with Crippen molar-refractivity contribution in [1.82, 2.24) is 5.32 Å². The average Bonchev–Trinajstić information content (AvgIpc) is 2.63. The number of rotatable bonds is 1. The summed E-state index contributed by atoms with van der Waals surface area (Å²) in [5, 5.41) is 3.32. The largest absolute Gasteiger partial charge is 0.398 e. The zero-order valence-corrected chi connectivity index (χ0v) is 8.31. The number of nitrogens with two attached hydrogens (primary N) is 1. The number of hydrogen-bond donors (Lipinski definition) is 2. The minimum Gasteiger partial charge on any atom is -0.398 e. The van der Waals surface area contributed by atoms with Crippen LogP contribution in [0.3, 0.4) is 0 Å². The first-order chi connectivity index (χ1) is 6.68. The minimum atomic E-state index is -0.194. The maximum absolute atomic E-state index is 13.2. The van der Waals surface area contributed by atoms with Crippen molar-refractivity contribution < 1.29 is 4.39 Å². The van der Waals surface area contributed by atoms with E-state index < -0.39 is 0 Å². The Morgan fingerprint density at radius 3 is 2.93 bits per heavy atom. The van der Waals surface area contributed by atoms with E-state index in [-0.39, 0.29) is 11.9 Å². The topological polar surface area (TPSA) is 38.0 Å². The molecule has 1 aliphatic rings. The first-order valence-electron chi connectivity index (χ1n) is 4.97. The summed E-state index contributed by atoms with van der Waals surface area (Å²) in [5.74, 6) is -0.194. The summed E-state index contributed by atoms with van der Waals surface area (Å²) in [5.41, 5.74) is 8.40. The van der Waals surface area contributed by atoms with E-state index in [1.54, 1.807) is 6.07 Å². The van der Waals surface area contributed by atoms with Gasteiger partial charge in [-0.2, -0.15) is 0 Å². The second-order valence-electron chi connectivity index (χ2n) is 3.87. The fraction of sp³-hybridized carbons (Fsp3) is 0.455. The van der Waals surface area contributed by atoms with Gasteiger partial charge in [-0.15, -0.1) is 0 Å². The van der Waals surface area contributed by atoms with Crippen LogP contribution in [0, 0.1) is 12.7 Å². The first-order valence-corrected chi connectivity index (χ1v) is 4.97. The molecule has 1 fully saturated rings. The third-order valence-corrected chi connectivity index (χ3v) is 2.82. The average molecular weight is 194 g/mol. The van der Waals surface area contributed by atoms with Crippen molar-refractivity contribution in [2.75, 3.05) is 12.3 Å². The normalized spacial score (nSPS) is 21.4. The van der Waals surface area contributed by atoms with Crippen LogP contribution in [0.25, 0.3) is 0 Å². The van der Waals surface area contributed by atoms with Crippen molar-refractivity contribution in [2.45, 2.75) is 25.8 Å². The molecule has 2 nitrogen and oxygen atoms in total. The Hall–Kier alpha value is -1.09. The van der Waals surface area contributed by atoms with Gasteiger partial charge in [-0.25, -0.2) is 4.39 Å². The molecule has 1 aliphatic heterocycles. The summed E-state index contributed by atoms with van der Waals surface area (Å²) < 4.78 is 13.2. The molecule has 1 atom stereocenters. The molecule has 0 aliphatic carbocycles. The van der Waals surface area contributed by atoms with Gasteiger partial charge >= 0.3 is 0 Å². The Labute approximate surface area is 83.3 Å². The molecule has 1 saturated heterocycles. The highest BCUT2D eigenvalue weighted by atomic mass is 19.1. The summed E-state index contributed by atoms with van der Waals surface area (Å²) in [6.07, 6.45) is 2.19. The maximum Gasteiger partial charge on any atom is 0.123 e. The zero-order chi connectivity index (χ0) is 10.1. The number of benzene rings is 1. The van der Waals surface area contributed by atoms with Gasteiger partial charge in [0.1, 0.15) is 5.82 Å². The van der Waals surface area contributed by atoms with Crippen molar-refractivity contribution in [2.24, 2.45) is 0 Å². The molecule has 14 heavy (non-hydrogen) atoms. The number of nitrogen functional groups attached to an aromatic ring is 1. The van der Waals surface area contributed by atoms with E-state index in [2.05, 4.69) is 5.32 Å². The molecule has 3 N–H and O–H groups in total. The first kappa shape index (κ1) is 9.46. The summed E-state index contributed by atoms with van der Waals surface area (Å²) >= 11 is 0. The van der Waals surface area contributed by atoms with Crippen LogP contribution in [0.2, 0.25) is 0 Å². The van der Waals surface area contributed by atoms with Gasteiger partial charge in [0.2, 0.25) is 0 Å². The number of nitrogens with one attached hydrogen (secondary N) is 1. The number of halogens is 1. The van der Waals surface area contributed by atoms with E-state index in [0.717, 1.165) is 36.2 Å². The van der Waals surface area contributed by atoms with Crippen LogP contribution in [0.1, 0.15) is 30.0 Å². The second-order valence-corrected chi connectivity index (χ2v) is 3.87. The van der Waals surface area contributed by atoms with E-state index in [0.29, 0.717) is 0 Å². The van der Waals surface area contributed by atoms with Gasteiger partial charge in [0.25, 0.3) is 0 Å². The van der Waals surface area contributed by atoms with E-state index in [9.17, 15) is 4.39 Å². The summed E-state index contributed by atoms with van der Waals surface area (Å²) in [6.45, 7) is 2.84. The van der Waals surface area contributed by atoms with Crippen LogP contribution in [0.5, 0.6) is 0 Å². The SMILES string of the molecule is Cc1cc(F)cc(C2CCCN2)c1N. The smallest absolute Gasteiger partial charge is 0.123 e. The van der Waals surface area contributed by atoms with Crippen LogP contribution in [-0.4, -0.2) is 6.54 Å². The highest BCUT2D eigenvalue weighted by Crippen LogP contribution is 2.30. The van der Waals surface area contributed by atoms with Crippen LogP contribution in [0.4, 0.5) is 10.1 Å². The van der Waals surface area contributed by atoms with E-state index in [1.807, 2.05) is 6.92 Å². The molecule has 76 valence electrons. The highest BCUT2D eigenvalue weighted by molar-refractivity contribution is 5.55. The predicted molar refractivity (Wildman–Crippen MR) is 55.5 cm³/mol. The molecular formula is C11H15FN2.